The molecule has 13 heavy (non-hydrogen) atoms. The van der Waals surface area contributed by atoms with Gasteiger partial charge in [0.2, 0.25) is 0 Å². The standard InChI is InChI=1S/C10H16N2O/c1-3-6-10(2,13)8-5-4-7-12-9(8)11/h4-5,7,13H,3,6H2,1-2H3,(H2,11,12). The number of pyridine rings is 1. The third-order valence-electron chi connectivity index (χ3n) is 2.16. The van der Waals surface area contributed by atoms with Crippen LogP contribution >= 0.6 is 0 Å². The van der Waals surface area contributed by atoms with Gasteiger partial charge in [0.1, 0.15) is 5.82 Å². The fourth-order valence-electron chi connectivity index (χ4n) is 1.49. The predicted molar refractivity (Wildman–Crippen MR) is 53.1 cm³/mol. The zero-order valence-electron chi connectivity index (χ0n) is 8.12. The van der Waals surface area contributed by atoms with Gasteiger partial charge < -0.3 is 10.8 Å². The summed E-state index contributed by atoms with van der Waals surface area (Å²) >= 11 is 0. The van der Waals surface area contributed by atoms with Crippen molar-refractivity contribution < 1.29 is 5.11 Å². The maximum Gasteiger partial charge on any atom is 0.129 e. The molecule has 1 aromatic heterocycles. The van der Waals surface area contributed by atoms with Crippen molar-refractivity contribution in [3.8, 4) is 0 Å². The lowest BCUT2D eigenvalue weighted by molar-refractivity contribution is 0.0475. The molecule has 0 radical (unpaired) electrons. The lowest BCUT2D eigenvalue weighted by atomic mass is 9.92. The highest BCUT2D eigenvalue weighted by molar-refractivity contribution is 5.42. The van der Waals surface area contributed by atoms with Crippen LogP contribution in [0.3, 0.4) is 0 Å². The van der Waals surface area contributed by atoms with Crippen molar-refractivity contribution in [2.45, 2.75) is 32.3 Å². The van der Waals surface area contributed by atoms with E-state index in [0.717, 1.165) is 12.0 Å². The Morgan fingerprint density at radius 2 is 2.31 bits per heavy atom. The van der Waals surface area contributed by atoms with E-state index in [9.17, 15) is 5.11 Å². The monoisotopic (exact) mass is 180 g/mol. The molecule has 3 N–H and O–H groups in total. The minimum absolute atomic E-state index is 0.418. The van der Waals surface area contributed by atoms with E-state index in [0.29, 0.717) is 12.2 Å². The molecule has 3 nitrogen and oxygen atoms in total. The molecule has 1 aromatic rings. The number of rotatable bonds is 3. The fraction of sp³-hybridized carbons (Fsp3) is 0.500. The molecule has 0 amide bonds. The molecule has 1 atom stereocenters. The second-order valence-corrected chi connectivity index (χ2v) is 3.46. The van der Waals surface area contributed by atoms with E-state index in [4.69, 9.17) is 5.73 Å². The zero-order valence-corrected chi connectivity index (χ0v) is 8.12. The topological polar surface area (TPSA) is 59.1 Å². The number of hydrogen-bond donors (Lipinski definition) is 2. The van der Waals surface area contributed by atoms with Crippen molar-refractivity contribution >= 4 is 5.82 Å². The predicted octanol–water partition coefficient (Wildman–Crippen LogP) is 1.67. The molecule has 72 valence electrons. The Balaban J connectivity index is 2.99. The van der Waals surface area contributed by atoms with Crippen LogP contribution in [-0.4, -0.2) is 10.1 Å². The third-order valence-corrected chi connectivity index (χ3v) is 2.16. The summed E-state index contributed by atoms with van der Waals surface area (Å²) in [6.45, 7) is 3.80. The first kappa shape index (κ1) is 9.99. The lowest BCUT2D eigenvalue weighted by Gasteiger charge is -2.23. The molecular weight excluding hydrogens is 164 g/mol. The smallest absolute Gasteiger partial charge is 0.129 e. The van der Waals surface area contributed by atoms with E-state index >= 15 is 0 Å². The summed E-state index contributed by atoms with van der Waals surface area (Å²) < 4.78 is 0. The largest absolute Gasteiger partial charge is 0.385 e. The van der Waals surface area contributed by atoms with Gasteiger partial charge in [0, 0.05) is 11.8 Å². The first-order valence-corrected chi connectivity index (χ1v) is 4.51. The van der Waals surface area contributed by atoms with Crippen LogP contribution in [0.25, 0.3) is 0 Å². The van der Waals surface area contributed by atoms with E-state index in [1.165, 1.54) is 0 Å². The van der Waals surface area contributed by atoms with Gasteiger partial charge in [0.15, 0.2) is 0 Å². The van der Waals surface area contributed by atoms with Crippen LogP contribution in [-0.2, 0) is 5.60 Å². The molecule has 0 aliphatic heterocycles. The first-order valence-electron chi connectivity index (χ1n) is 4.51. The van der Waals surface area contributed by atoms with Gasteiger partial charge in [-0.2, -0.15) is 0 Å². The van der Waals surface area contributed by atoms with Crippen molar-refractivity contribution in [3.63, 3.8) is 0 Å². The van der Waals surface area contributed by atoms with Crippen LogP contribution in [0.1, 0.15) is 32.3 Å². The van der Waals surface area contributed by atoms with Gasteiger partial charge in [0.25, 0.3) is 0 Å². The van der Waals surface area contributed by atoms with E-state index < -0.39 is 5.60 Å². The average Bonchev–Trinajstić information content (AvgIpc) is 2.04. The highest BCUT2D eigenvalue weighted by Gasteiger charge is 2.24. The third kappa shape index (κ3) is 2.18. The molecule has 0 saturated carbocycles. The number of nitrogens with zero attached hydrogens (tertiary/aromatic N) is 1. The van der Waals surface area contributed by atoms with Gasteiger partial charge in [-0.25, -0.2) is 4.98 Å². The van der Waals surface area contributed by atoms with Crippen molar-refractivity contribution in [3.05, 3.63) is 23.9 Å². The summed E-state index contributed by atoms with van der Waals surface area (Å²) in [5.74, 6) is 0.418. The summed E-state index contributed by atoms with van der Waals surface area (Å²) in [5.41, 5.74) is 5.53. The van der Waals surface area contributed by atoms with E-state index in [1.54, 1.807) is 19.2 Å². The molecular formula is C10H16N2O. The van der Waals surface area contributed by atoms with Crippen LogP contribution in [0.4, 0.5) is 5.82 Å². The molecule has 0 aliphatic carbocycles. The number of aromatic nitrogens is 1. The SMILES string of the molecule is CCCC(C)(O)c1cccnc1N. The summed E-state index contributed by atoms with van der Waals surface area (Å²) in [7, 11) is 0. The average molecular weight is 180 g/mol. The molecule has 0 fully saturated rings. The molecule has 1 unspecified atom stereocenters. The zero-order chi connectivity index (χ0) is 9.90. The van der Waals surface area contributed by atoms with Crippen LogP contribution in [0.2, 0.25) is 0 Å². The van der Waals surface area contributed by atoms with Gasteiger partial charge in [0.05, 0.1) is 5.60 Å². The van der Waals surface area contributed by atoms with Gasteiger partial charge in [-0.15, -0.1) is 0 Å². The maximum atomic E-state index is 10.0. The second kappa shape index (κ2) is 3.75. The van der Waals surface area contributed by atoms with Gasteiger partial charge in [-0.1, -0.05) is 19.4 Å². The van der Waals surface area contributed by atoms with Gasteiger partial charge in [-0.05, 0) is 19.4 Å². The van der Waals surface area contributed by atoms with Gasteiger partial charge in [-0.3, -0.25) is 0 Å². The van der Waals surface area contributed by atoms with E-state index in [2.05, 4.69) is 4.98 Å². The number of anilines is 1. The highest BCUT2D eigenvalue weighted by Crippen LogP contribution is 2.28. The molecule has 0 aliphatic rings. The second-order valence-electron chi connectivity index (χ2n) is 3.46. The molecule has 1 heterocycles. The molecule has 3 heteroatoms. The molecule has 0 spiro atoms. The first-order chi connectivity index (χ1) is 6.08. The maximum absolute atomic E-state index is 10.0. The normalized spacial score (nSPS) is 15.3. The Morgan fingerprint density at radius 3 is 2.85 bits per heavy atom. The fourth-order valence-corrected chi connectivity index (χ4v) is 1.49. The Labute approximate surface area is 78.6 Å². The van der Waals surface area contributed by atoms with Crippen molar-refractivity contribution in [2.24, 2.45) is 0 Å². The lowest BCUT2D eigenvalue weighted by Crippen LogP contribution is -2.22. The minimum Gasteiger partial charge on any atom is -0.385 e. The number of nitrogen functional groups attached to an aromatic ring is 1. The number of aliphatic hydroxyl groups is 1. The van der Waals surface area contributed by atoms with Crippen LogP contribution in [0.5, 0.6) is 0 Å². The van der Waals surface area contributed by atoms with Crippen LogP contribution in [0, 0.1) is 0 Å². The van der Waals surface area contributed by atoms with E-state index in [-0.39, 0.29) is 0 Å². The quantitative estimate of drug-likeness (QED) is 0.743. The van der Waals surface area contributed by atoms with Crippen molar-refractivity contribution in [1.29, 1.82) is 0 Å². The molecule has 1 rings (SSSR count). The molecule has 0 bridgehead atoms. The number of nitrogens with two attached hydrogens (primary N) is 1. The van der Waals surface area contributed by atoms with Crippen LogP contribution in [0.15, 0.2) is 18.3 Å². The van der Waals surface area contributed by atoms with Gasteiger partial charge >= 0.3 is 0 Å². The molecule has 0 saturated heterocycles. The Kier molecular flexibility index (Phi) is 2.88. The minimum atomic E-state index is -0.854. The summed E-state index contributed by atoms with van der Waals surface area (Å²) in [5, 5.41) is 10.0. The molecule has 0 aromatic carbocycles. The summed E-state index contributed by atoms with van der Waals surface area (Å²) in [4.78, 5) is 3.95. The highest BCUT2D eigenvalue weighted by atomic mass is 16.3. The Hall–Kier alpha value is -1.09. The number of hydrogen-bond acceptors (Lipinski definition) is 3. The van der Waals surface area contributed by atoms with Crippen molar-refractivity contribution in [1.82, 2.24) is 4.98 Å². The van der Waals surface area contributed by atoms with Crippen LogP contribution < -0.4 is 5.73 Å². The van der Waals surface area contributed by atoms with E-state index in [1.807, 2.05) is 13.0 Å². The Morgan fingerprint density at radius 1 is 1.62 bits per heavy atom. The summed E-state index contributed by atoms with van der Waals surface area (Å²) in [6, 6.07) is 3.60. The Bertz CT molecular complexity index is 284. The summed E-state index contributed by atoms with van der Waals surface area (Å²) in [6.07, 6.45) is 3.24. The van der Waals surface area contributed by atoms with Crippen molar-refractivity contribution in [2.75, 3.05) is 5.73 Å².